The van der Waals surface area contributed by atoms with Crippen LogP contribution in [-0.2, 0) is 11.2 Å². The zero-order chi connectivity index (χ0) is 15.1. The Morgan fingerprint density at radius 1 is 1.19 bits per heavy atom. The highest BCUT2D eigenvalue weighted by Gasteiger charge is 2.24. The SMILES string of the molecule is CCCNC(CCC)CN1C(=O)CCCc2ccccc21. The summed E-state index contributed by atoms with van der Waals surface area (Å²) in [4.78, 5) is 14.5. The van der Waals surface area contributed by atoms with Gasteiger partial charge in [0, 0.05) is 24.7 Å². The molecule has 1 heterocycles. The average molecular weight is 288 g/mol. The molecule has 1 unspecified atom stereocenters. The molecule has 3 heteroatoms. The number of carbonyl (C=O) groups excluding carboxylic acids is 1. The topological polar surface area (TPSA) is 32.3 Å². The van der Waals surface area contributed by atoms with Crippen LogP contribution in [0.25, 0.3) is 0 Å². The standard InChI is InChI=1S/C18H28N2O/c1-3-8-16(19-13-4-2)14-20-17-11-6-5-9-15(17)10-7-12-18(20)21/h5-6,9,11,16,19H,3-4,7-8,10,12-14H2,1-2H3. The summed E-state index contributed by atoms with van der Waals surface area (Å²) in [6, 6.07) is 8.77. The van der Waals surface area contributed by atoms with E-state index >= 15 is 0 Å². The van der Waals surface area contributed by atoms with Crippen LogP contribution in [0.1, 0.15) is 51.5 Å². The first kappa shape index (κ1) is 16.0. The lowest BCUT2D eigenvalue weighted by molar-refractivity contribution is -0.118. The van der Waals surface area contributed by atoms with Gasteiger partial charge in [0.2, 0.25) is 5.91 Å². The van der Waals surface area contributed by atoms with Crippen molar-refractivity contribution < 1.29 is 4.79 Å². The lowest BCUT2D eigenvalue weighted by Gasteiger charge is -2.28. The highest BCUT2D eigenvalue weighted by atomic mass is 16.2. The van der Waals surface area contributed by atoms with E-state index in [0.29, 0.717) is 12.5 Å². The van der Waals surface area contributed by atoms with Crippen LogP contribution in [0.2, 0.25) is 0 Å². The fourth-order valence-electron chi connectivity index (χ4n) is 3.06. The number of carbonyl (C=O) groups is 1. The second kappa shape index (κ2) is 8.18. The molecule has 116 valence electrons. The molecule has 2 rings (SSSR count). The fourth-order valence-corrected chi connectivity index (χ4v) is 3.06. The monoisotopic (exact) mass is 288 g/mol. The third-order valence-corrected chi connectivity index (χ3v) is 4.14. The van der Waals surface area contributed by atoms with E-state index in [9.17, 15) is 4.79 Å². The van der Waals surface area contributed by atoms with Crippen LogP contribution in [0.3, 0.4) is 0 Å². The third kappa shape index (κ3) is 4.31. The average Bonchev–Trinajstić information content (AvgIpc) is 2.65. The molecule has 0 radical (unpaired) electrons. The van der Waals surface area contributed by atoms with Crippen molar-refractivity contribution in [1.29, 1.82) is 0 Å². The minimum atomic E-state index is 0.277. The van der Waals surface area contributed by atoms with Crippen molar-refractivity contribution >= 4 is 11.6 Å². The lowest BCUT2D eigenvalue weighted by atomic mass is 10.1. The molecule has 0 saturated heterocycles. The van der Waals surface area contributed by atoms with Gasteiger partial charge in [-0.25, -0.2) is 0 Å². The Labute approximate surface area is 128 Å². The van der Waals surface area contributed by atoms with Gasteiger partial charge in [-0.05, 0) is 43.9 Å². The van der Waals surface area contributed by atoms with Gasteiger partial charge in [-0.1, -0.05) is 38.5 Å². The summed E-state index contributed by atoms with van der Waals surface area (Å²) in [6.45, 7) is 6.21. The molecular weight excluding hydrogens is 260 g/mol. The predicted octanol–water partition coefficient (Wildman–Crippen LogP) is 3.52. The number of nitrogens with one attached hydrogen (secondary N) is 1. The molecule has 1 N–H and O–H groups in total. The van der Waals surface area contributed by atoms with Crippen LogP contribution >= 0.6 is 0 Å². The van der Waals surface area contributed by atoms with Crippen molar-refractivity contribution in [2.75, 3.05) is 18.0 Å². The maximum absolute atomic E-state index is 12.5. The Bertz CT molecular complexity index is 458. The summed E-state index contributed by atoms with van der Waals surface area (Å²) in [7, 11) is 0. The smallest absolute Gasteiger partial charge is 0.227 e. The summed E-state index contributed by atoms with van der Waals surface area (Å²) in [5.41, 5.74) is 2.44. The highest BCUT2D eigenvalue weighted by Crippen LogP contribution is 2.27. The normalized spacial score (nSPS) is 16.5. The Morgan fingerprint density at radius 3 is 2.76 bits per heavy atom. The van der Waals surface area contributed by atoms with Crippen LogP contribution in [-0.4, -0.2) is 25.0 Å². The van der Waals surface area contributed by atoms with E-state index in [-0.39, 0.29) is 5.91 Å². The summed E-state index contributed by atoms with van der Waals surface area (Å²) >= 11 is 0. The second-order valence-electron chi connectivity index (χ2n) is 5.93. The van der Waals surface area contributed by atoms with Gasteiger partial charge in [0.05, 0.1) is 0 Å². The van der Waals surface area contributed by atoms with Crippen LogP contribution < -0.4 is 10.2 Å². The van der Waals surface area contributed by atoms with Crippen molar-refractivity contribution in [3.8, 4) is 0 Å². The molecule has 0 aromatic heterocycles. The first-order valence-electron chi connectivity index (χ1n) is 8.37. The Balaban J connectivity index is 2.16. The molecule has 1 aromatic rings. The first-order chi connectivity index (χ1) is 10.3. The van der Waals surface area contributed by atoms with Crippen LogP contribution in [0, 0.1) is 0 Å². The van der Waals surface area contributed by atoms with Crippen molar-refractivity contribution in [2.45, 2.75) is 58.4 Å². The van der Waals surface area contributed by atoms with Gasteiger partial charge < -0.3 is 10.2 Å². The van der Waals surface area contributed by atoms with E-state index < -0.39 is 0 Å². The molecule has 0 fully saturated rings. The van der Waals surface area contributed by atoms with Crippen molar-refractivity contribution in [3.63, 3.8) is 0 Å². The number of nitrogens with zero attached hydrogens (tertiary/aromatic N) is 1. The zero-order valence-corrected chi connectivity index (χ0v) is 13.4. The molecule has 3 nitrogen and oxygen atoms in total. The largest absolute Gasteiger partial charge is 0.312 e. The number of fused-ring (bicyclic) bond motifs is 1. The Morgan fingerprint density at radius 2 is 2.00 bits per heavy atom. The first-order valence-corrected chi connectivity index (χ1v) is 8.37. The van der Waals surface area contributed by atoms with E-state index in [4.69, 9.17) is 0 Å². The minimum absolute atomic E-state index is 0.277. The minimum Gasteiger partial charge on any atom is -0.312 e. The highest BCUT2D eigenvalue weighted by molar-refractivity contribution is 5.94. The van der Waals surface area contributed by atoms with E-state index in [1.54, 1.807) is 0 Å². The molecular formula is C18H28N2O. The summed E-state index contributed by atoms with van der Waals surface area (Å²) in [6.07, 6.45) is 6.04. The number of benzene rings is 1. The van der Waals surface area contributed by atoms with Gasteiger partial charge in [0.1, 0.15) is 0 Å². The zero-order valence-electron chi connectivity index (χ0n) is 13.4. The quantitative estimate of drug-likeness (QED) is 0.832. The second-order valence-corrected chi connectivity index (χ2v) is 5.93. The van der Waals surface area contributed by atoms with Gasteiger partial charge in [0.15, 0.2) is 0 Å². The summed E-state index contributed by atoms with van der Waals surface area (Å²) in [5, 5.41) is 3.60. The molecule has 1 aromatic carbocycles. The van der Waals surface area contributed by atoms with Crippen LogP contribution in [0.15, 0.2) is 24.3 Å². The summed E-state index contributed by atoms with van der Waals surface area (Å²) in [5.74, 6) is 0.277. The maximum atomic E-state index is 12.5. The molecule has 1 amide bonds. The number of hydrogen-bond acceptors (Lipinski definition) is 2. The Kier molecular flexibility index (Phi) is 6.24. The number of para-hydroxylation sites is 1. The molecule has 0 aliphatic carbocycles. The lowest BCUT2D eigenvalue weighted by Crippen LogP contribution is -2.44. The van der Waals surface area contributed by atoms with Gasteiger partial charge in [-0.3, -0.25) is 4.79 Å². The van der Waals surface area contributed by atoms with Crippen molar-refractivity contribution in [1.82, 2.24) is 5.32 Å². The molecule has 1 atom stereocenters. The third-order valence-electron chi connectivity index (χ3n) is 4.14. The number of rotatable bonds is 7. The van der Waals surface area contributed by atoms with Crippen molar-refractivity contribution in [2.24, 2.45) is 0 Å². The van der Waals surface area contributed by atoms with Crippen molar-refractivity contribution in [3.05, 3.63) is 29.8 Å². The van der Waals surface area contributed by atoms with Gasteiger partial charge in [0.25, 0.3) is 0 Å². The summed E-state index contributed by atoms with van der Waals surface area (Å²) < 4.78 is 0. The molecule has 1 aliphatic heterocycles. The molecule has 0 saturated carbocycles. The Hall–Kier alpha value is -1.35. The predicted molar refractivity (Wildman–Crippen MR) is 88.7 cm³/mol. The van der Waals surface area contributed by atoms with Crippen LogP contribution in [0.5, 0.6) is 0 Å². The number of aryl methyl sites for hydroxylation is 1. The fraction of sp³-hybridized carbons (Fsp3) is 0.611. The van der Waals surface area contributed by atoms with E-state index in [0.717, 1.165) is 50.9 Å². The number of hydrogen-bond donors (Lipinski definition) is 1. The van der Waals surface area contributed by atoms with E-state index in [2.05, 4.69) is 37.4 Å². The molecule has 0 spiro atoms. The molecule has 1 aliphatic rings. The van der Waals surface area contributed by atoms with Gasteiger partial charge >= 0.3 is 0 Å². The number of amides is 1. The van der Waals surface area contributed by atoms with Gasteiger partial charge in [-0.2, -0.15) is 0 Å². The maximum Gasteiger partial charge on any atom is 0.227 e. The number of anilines is 1. The van der Waals surface area contributed by atoms with E-state index in [1.807, 2.05) is 11.0 Å². The molecule has 0 bridgehead atoms. The van der Waals surface area contributed by atoms with Crippen LogP contribution in [0.4, 0.5) is 5.69 Å². The van der Waals surface area contributed by atoms with Gasteiger partial charge in [-0.15, -0.1) is 0 Å². The van der Waals surface area contributed by atoms with E-state index in [1.165, 1.54) is 5.56 Å². The molecule has 21 heavy (non-hydrogen) atoms.